The molecule has 4 fully saturated rings. The SMILES string of the molecule is CCCC1O[C@H]2CC3C4CCC5=CC(=O)C=C[C@]5(C)C4[C@@H](O)C[C@]3(C)[C@]2(C(=O)CO)O1. The summed E-state index contributed by atoms with van der Waals surface area (Å²) in [6.45, 7) is 5.67. The van der Waals surface area contributed by atoms with Crippen molar-refractivity contribution in [1.29, 1.82) is 0 Å². The lowest BCUT2D eigenvalue weighted by Crippen LogP contribution is -2.63. The average Bonchev–Trinajstić information content (AvgIpc) is 3.20. The smallest absolute Gasteiger partial charge is 0.193 e. The van der Waals surface area contributed by atoms with Gasteiger partial charge in [-0.3, -0.25) is 9.59 Å². The maximum Gasteiger partial charge on any atom is 0.193 e. The Morgan fingerprint density at radius 1 is 1.32 bits per heavy atom. The topological polar surface area (TPSA) is 93.1 Å². The predicted octanol–water partition coefficient (Wildman–Crippen LogP) is 2.72. The van der Waals surface area contributed by atoms with Gasteiger partial charge < -0.3 is 19.7 Å². The van der Waals surface area contributed by atoms with Crippen LogP contribution >= 0.6 is 0 Å². The zero-order valence-corrected chi connectivity index (χ0v) is 18.7. The summed E-state index contributed by atoms with van der Waals surface area (Å²) < 4.78 is 12.7. The fourth-order valence-corrected chi connectivity index (χ4v) is 8.12. The Balaban J connectivity index is 1.55. The second-order valence-corrected chi connectivity index (χ2v) is 10.7. The van der Waals surface area contributed by atoms with Crippen molar-refractivity contribution in [1.82, 2.24) is 0 Å². The molecule has 3 saturated carbocycles. The van der Waals surface area contributed by atoms with E-state index in [1.165, 1.54) is 0 Å². The number of aliphatic hydroxyl groups excluding tert-OH is 2. The minimum absolute atomic E-state index is 0.0125. The van der Waals surface area contributed by atoms with Crippen LogP contribution < -0.4 is 0 Å². The van der Waals surface area contributed by atoms with E-state index in [0.29, 0.717) is 19.3 Å². The number of rotatable bonds is 4. The lowest BCUT2D eigenvalue weighted by molar-refractivity contribution is -0.200. The van der Waals surface area contributed by atoms with Crippen molar-refractivity contribution in [3.05, 3.63) is 23.8 Å². The molecule has 2 N–H and O–H groups in total. The third-order valence-electron chi connectivity index (χ3n) is 9.37. The van der Waals surface area contributed by atoms with Gasteiger partial charge in [0.15, 0.2) is 23.5 Å². The largest absolute Gasteiger partial charge is 0.393 e. The molecule has 0 bridgehead atoms. The molecular formula is C25H34O6. The van der Waals surface area contributed by atoms with Gasteiger partial charge in [0.2, 0.25) is 0 Å². The maximum absolute atomic E-state index is 13.2. The van der Waals surface area contributed by atoms with Crippen LogP contribution in [0.15, 0.2) is 23.8 Å². The summed E-state index contributed by atoms with van der Waals surface area (Å²) >= 11 is 0. The minimum atomic E-state index is -1.20. The average molecular weight is 431 g/mol. The summed E-state index contributed by atoms with van der Waals surface area (Å²) in [4.78, 5) is 25.2. The monoisotopic (exact) mass is 430 g/mol. The fourth-order valence-electron chi connectivity index (χ4n) is 8.12. The van der Waals surface area contributed by atoms with Crippen molar-refractivity contribution in [2.45, 2.75) is 83.4 Å². The molecule has 0 spiro atoms. The second-order valence-electron chi connectivity index (χ2n) is 10.7. The number of ether oxygens (including phenoxy) is 2. The van der Waals surface area contributed by atoms with E-state index >= 15 is 0 Å². The van der Waals surface area contributed by atoms with Gasteiger partial charge in [0, 0.05) is 16.7 Å². The van der Waals surface area contributed by atoms with Crippen LogP contribution in [0.2, 0.25) is 0 Å². The van der Waals surface area contributed by atoms with Crippen molar-refractivity contribution in [3.63, 3.8) is 0 Å². The molecule has 1 aliphatic heterocycles. The van der Waals surface area contributed by atoms with Crippen LogP contribution in [-0.2, 0) is 19.1 Å². The van der Waals surface area contributed by atoms with E-state index in [9.17, 15) is 19.8 Å². The molecule has 5 aliphatic rings. The van der Waals surface area contributed by atoms with E-state index in [2.05, 4.69) is 20.8 Å². The fraction of sp³-hybridized carbons (Fsp3) is 0.760. The molecule has 9 atom stereocenters. The summed E-state index contributed by atoms with van der Waals surface area (Å²) in [6.07, 6.45) is 8.31. The summed E-state index contributed by atoms with van der Waals surface area (Å²) in [7, 11) is 0. The third-order valence-corrected chi connectivity index (χ3v) is 9.37. The van der Waals surface area contributed by atoms with Crippen LogP contribution in [0.1, 0.15) is 59.3 Å². The van der Waals surface area contributed by atoms with Crippen LogP contribution in [0.5, 0.6) is 0 Å². The van der Waals surface area contributed by atoms with Crippen LogP contribution in [-0.4, -0.2) is 52.5 Å². The Hall–Kier alpha value is -1.34. The summed E-state index contributed by atoms with van der Waals surface area (Å²) in [5.74, 6) is 0.0274. The molecule has 4 aliphatic carbocycles. The van der Waals surface area contributed by atoms with Crippen molar-refractivity contribution >= 4 is 11.6 Å². The second kappa shape index (κ2) is 7.08. The molecule has 5 rings (SSSR count). The van der Waals surface area contributed by atoms with E-state index in [-0.39, 0.29) is 34.7 Å². The Morgan fingerprint density at radius 3 is 2.81 bits per heavy atom. The van der Waals surface area contributed by atoms with Gasteiger partial charge in [0.1, 0.15) is 6.61 Å². The van der Waals surface area contributed by atoms with Gasteiger partial charge in [-0.05, 0) is 56.1 Å². The molecule has 4 unspecified atom stereocenters. The Kier molecular flexibility index (Phi) is 4.91. The number of ketones is 2. The maximum atomic E-state index is 13.2. The number of fused-ring (bicyclic) bond motifs is 7. The molecule has 170 valence electrons. The minimum Gasteiger partial charge on any atom is -0.393 e. The molecule has 0 aromatic heterocycles. The highest BCUT2D eigenvalue weighted by Gasteiger charge is 2.75. The first-order chi connectivity index (χ1) is 14.7. The van der Waals surface area contributed by atoms with Gasteiger partial charge >= 0.3 is 0 Å². The molecule has 1 saturated heterocycles. The molecule has 0 radical (unpaired) electrons. The van der Waals surface area contributed by atoms with E-state index in [1.807, 2.05) is 6.08 Å². The highest BCUT2D eigenvalue weighted by molar-refractivity contribution is 6.01. The predicted molar refractivity (Wildman–Crippen MR) is 113 cm³/mol. The summed E-state index contributed by atoms with van der Waals surface area (Å²) in [5, 5.41) is 21.4. The van der Waals surface area contributed by atoms with Gasteiger partial charge in [-0.15, -0.1) is 0 Å². The van der Waals surface area contributed by atoms with Crippen LogP contribution in [0, 0.1) is 28.6 Å². The first-order valence-corrected chi connectivity index (χ1v) is 11.8. The zero-order valence-electron chi connectivity index (χ0n) is 18.7. The van der Waals surface area contributed by atoms with Crippen LogP contribution in [0.3, 0.4) is 0 Å². The Bertz CT molecular complexity index is 862. The number of allylic oxidation sites excluding steroid dienone is 4. The van der Waals surface area contributed by atoms with Crippen molar-refractivity contribution in [3.8, 4) is 0 Å². The summed E-state index contributed by atoms with van der Waals surface area (Å²) in [5.41, 5.74) is -1.05. The van der Waals surface area contributed by atoms with Gasteiger partial charge in [0.25, 0.3) is 0 Å². The van der Waals surface area contributed by atoms with E-state index in [1.54, 1.807) is 12.2 Å². The Labute approximate surface area is 183 Å². The number of Topliss-reactive ketones (excluding diaryl/α,β-unsaturated/α-hetero) is 1. The zero-order chi connectivity index (χ0) is 22.2. The molecule has 6 heteroatoms. The highest BCUT2D eigenvalue weighted by atomic mass is 16.7. The molecular weight excluding hydrogens is 396 g/mol. The third kappa shape index (κ3) is 2.65. The van der Waals surface area contributed by atoms with Gasteiger partial charge in [-0.25, -0.2) is 0 Å². The lowest BCUT2D eigenvalue weighted by Gasteiger charge is -2.59. The van der Waals surface area contributed by atoms with Gasteiger partial charge in [0.05, 0.1) is 12.2 Å². The standard InChI is InChI=1S/C25H34O6/c1-4-5-21-30-20-11-17-16-7-6-14-10-15(27)8-9-23(14,2)22(16)18(28)12-24(17,3)25(20,31-21)19(29)13-26/h8-10,16-18,20-22,26,28H,4-7,11-13H2,1-3H3/t16?,17?,18-,20-,21?,22?,23-,24-,25+/m0/s1. The summed E-state index contributed by atoms with van der Waals surface area (Å²) in [6, 6.07) is 0. The molecule has 0 aromatic carbocycles. The van der Waals surface area contributed by atoms with Crippen LogP contribution in [0.4, 0.5) is 0 Å². The molecule has 0 amide bonds. The number of aliphatic hydroxyl groups is 2. The van der Waals surface area contributed by atoms with E-state index < -0.39 is 36.1 Å². The number of hydrogen-bond donors (Lipinski definition) is 2. The van der Waals surface area contributed by atoms with E-state index in [0.717, 1.165) is 24.8 Å². The van der Waals surface area contributed by atoms with Crippen molar-refractivity contribution < 1.29 is 29.3 Å². The number of hydrogen-bond acceptors (Lipinski definition) is 6. The number of carbonyl (C=O) groups excluding carboxylic acids is 2. The van der Waals surface area contributed by atoms with E-state index in [4.69, 9.17) is 9.47 Å². The molecule has 0 aromatic rings. The van der Waals surface area contributed by atoms with Crippen molar-refractivity contribution in [2.75, 3.05) is 6.61 Å². The lowest BCUT2D eigenvalue weighted by atomic mass is 9.46. The molecule has 31 heavy (non-hydrogen) atoms. The van der Waals surface area contributed by atoms with Crippen molar-refractivity contribution in [2.24, 2.45) is 28.6 Å². The quantitative estimate of drug-likeness (QED) is 0.712. The first-order valence-electron chi connectivity index (χ1n) is 11.8. The molecule has 1 heterocycles. The first kappa shape index (κ1) is 21.5. The molecule has 6 nitrogen and oxygen atoms in total. The van der Waals surface area contributed by atoms with Gasteiger partial charge in [-0.1, -0.05) is 38.8 Å². The Morgan fingerprint density at radius 2 is 2.10 bits per heavy atom. The van der Waals surface area contributed by atoms with Gasteiger partial charge in [-0.2, -0.15) is 0 Å². The normalized spacial score (nSPS) is 50.4. The highest BCUT2D eigenvalue weighted by Crippen LogP contribution is 2.69. The van der Waals surface area contributed by atoms with Crippen LogP contribution in [0.25, 0.3) is 0 Å². The number of carbonyl (C=O) groups is 2.